The van der Waals surface area contributed by atoms with Crippen LogP contribution < -0.4 is 9.47 Å². The number of cyclic esters (lactones) is 1. The van der Waals surface area contributed by atoms with Gasteiger partial charge in [0.15, 0.2) is 17.2 Å². The summed E-state index contributed by atoms with van der Waals surface area (Å²) >= 11 is 6.18. The molecular formula is C27H22ClNO5. The van der Waals surface area contributed by atoms with E-state index in [1.165, 1.54) is 0 Å². The molecule has 3 aromatic rings. The van der Waals surface area contributed by atoms with Crippen molar-refractivity contribution in [2.24, 2.45) is 4.99 Å². The van der Waals surface area contributed by atoms with Crippen molar-refractivity contribution < 1.29 is 23.8 Å². The van der Waals surface area contributed by atoms with Crippen LogP contribution in [0.3, 0.4) is 0 Å². The average Bonchev–Trinajstić information content (AvgIpc) is 3.18. The van der Waals surface area contributed by atoms with E-state index in [-0.39, 0.29) is 17.3 Å². The number of halogens is 1. The Morgan fingerprint density at radius 3 is 2.56 bits per heavy atom. The Balaban J connectivity index is 1.61. The second-order valence-electron chi connectivity index (χ2n) is 7.64. The molecule has 3 aromatic carbocycles. The largest absolute Gasteiger partial charge is 0.490 e. The van der Waals surface area contributed by atoms with Crippen molar-refractivity contribution in [3.63, 3.8) is 0 Å². The molecule has 0 saturated heterocycles. The first-order valence-corrected chi connectivity index (χ1v) is 11.1. The molecule has 0 aromatic heterocycles. The molecule has 34 heavy (non-hydrogen) atoms. The number of benzene rings is 3. The number of aryl methyl sites for hydroxylation is 2. The van der Waals surface area contributed by atoms with Crippen LogP contribution in [0.1, 0.15) is 39.5 Å². The first-order valence-electron chi connectivity index (χ1n) is 10.7. The normalized spacial score (nSPS) is 14.1. The Kier molecular flexibility index (Phi) is 6.80. The number of nitrogens with zero attached hydrogens (tertiary/aromatic N) is 1. The maximum absolute atomic E-state index is 12.6. The van der Waals surface area contributed by atoms with E-state index < -0.39 is 11.9 Å². The van der Waals surface area contributed by atoms with E-state index in [2.05, 4.69) is 4.99 Å². The van der Waals surface area contributed by atoms with Crippen LogP contribution in [0.2, 0.25) is 5.02 Å². The molecule has 6 nitrogen and oxygen atoms in total. The van der Waals surface area contributed by atoms with Crippen molar-refractivity contribution in [3.8, 4) is 11.5 Å². The van der Waals surface area contributed by atoms with Crippen LogP contribution in [-0.2, 0) is 9.53 Å². The highest BCUT2D eigenvalue weighted by Gasteiger charge is 2.25. The van der Waals surface area contributed by atoms with Crippen LogP contribution >= 0.6 is 11.6 Å². The molecule has 1 aliphatic heterocycles. The van der Waals surface area contributed by atoms with E-state index in [0.717, 1.165) is 11.1 Å². The summed E-state index contributed by atoms with van der Waals surface area (Å²) in [6.45, 7) is 5.93. The highest BCUT2D eigenvalue weighted by Crippen LogP contribution is 2.31. The third-order valence-corrected chi connectivity index (χ3v) is 5.59. The Hall–Kier alpha value is -3.90. The van der Waals surface area contributed by atoms with Gasteiger partial charge in [-0.1, -0.05) is 41.9 Å². The van der Waals surface area contributed by atoms with Gasteiger partial charge in [0, 0.05) is 10.6 Å². The maximum Gasteiger partial charge on any atom is 0.363 e. The van der Waals surface area contributed by atoms with Gasteiger partial charge in [-0.05, 0) is 73.9 Å². The van der Waals surface area contributed by atoms with Gasteiger partial charge in [0.25, 0.3) is 0 Å². The molecule has 0 spiro atoms. The van der Waals surface area contributed by atoms with Crippen LogP contribution in [0.4, 0.5) is 0 Å². The van der Waals surface area contributed by atoms with Crippen molar-refractivity contribution in [1.29, 1.82) is 0 Å². The highest BCUT2D eigenvalue weighted by molar-refractivity contribution is 6.31. The number of aliphatic imine (C=N–C) groups is 1. The van der Waals surface area contributed by atoms with Crippen LogP contribution in [0.15, 0.2) is 71.4 Å². The lowest BCUT2D eigenvalue weighted by molar-refractivity contribution is -0.129. The zero-order valence-corrected chi connectivity index (χ0v) is 19.7. The standard InChI is InChI=1S/C27H22ClNO5/c1-4-32-24-14-18(10-12-23(24)33-26(30)20-8-6-5-7-16(20)2)13-22-27(31)34-25(29-22)19-11-9-17(3)21(28)15-19/h5-15H,4H2,1-3H3/b22-13-. The van der Waals surface area contributed by atoms with Gasteiger partial charge in [-0.25, -0.2) is 14.6 Å². The van der Waals surface area contributed by atoms with Gasteiger partial charge in [0.1, 0.15) is 0 Å². The van der Waals surface area contributed by atoms with E-state index in [0.29, 0.717) is 34.1 Å². The van der Waals surface area contributed by atoms with Gasteiger partial charge in [-0.15, -0.1) is 0 Å². The molecule has 0 N–H and O–H groups in total. The summed E-state index contributed by atoms with van der Waals surface area (Å²) in [5.74, 6) is -0.202. The summed E-state index contributed by atoms with van der Waals surface area (Å²) in [6.07, 6.45) is 1.58. The lowest BCUT2D eigenvalue weighted by Gasteiger charge is -2.12. The molecular weight excluding hydrogens is 454 g/mol. The SMILES string of the molecule is CCOc1cc(/C=C2\N=C(c3ccc(C)c(Cl)c3)OC2=O)ccc1OC(=O)c1ccccc1C. The van der Waals surface area contributed by atoms with Crippen LogP contribution in [-0.4, -0.2) is 24.4 Å². The first-order chi connectivity index (χ1) is 16.4. The molecule has 1 aliphatic rings. The molecule has 0 bridgehead atoms. The summed E-state index contributed by atoms with van der Waals surface area (Å²) in [7, 11) is 0. The van der Waals surface area contributed by atoms with Crippen LogP contribution in [0, 0.1) is 13.8 Å². The minimum Gasteiger partial charge on any atom is -0.490 e. The Bertz CT molecular complexity index is 1340. The Labute approximate surface area is 202 Å². The minimum absolute atomic E-state index is 0.138. The monoisotopic (exact) mass is 475 g/mol. The predicted octanol–water partition coefficient (Wildman–Crippen LogP) is 5.92. The smallest absolute Gasteiger partial charge is 0.363 e. The number of hydrogen-bond donors (Lipinski definition) is 0. The molecule has 4 rings (SSSR count). The van der Waals surface area contributed by atoms with Crippen molar-refractivity contribution in [3.05, 3.63) is 99.2 Å². The average molecular weight is 476 g/mol. The summed E-state index contributed by atoms with van der Waals surface area (Å²) in [5.41, 5.74) is 3.59. The second-order valence-corrected chi connectivity index (χ2v) is 8.05. The topological polar surface area (TPSA) is 74.2 Å². The number of ether oxygens (including phenoxy) is 3. The molecule has 172 valence electrons. The zero-order valence-electron chi connectivity index (χ0n) is 18.9. The quantitative estimate of drug-likeness (QED) is 0.251. The number of carbonyl (C=O) groups is 2. The predicted molar refractivity (Wildman–Crippen MR) is 131 cm³/mol. The van der Waals surface area contributed by atoms with Crippen molar-refractivity contribution in [1.82, 2.24) is 0 Å². The summed E-state index contributed by atoms with van der Waals surface area (Å²) < 4.78 is 16.6. The van der Waals surface area contributed by atoms with Crippen LogP contribution in [0.25, 0.3) is 6.08 Å². The third kappa shape index (κ3) is 5.02. The van der Waals surface area contributed by atoms with Gasteiger partial charge in [-0.2, -0.15) is 0 Å². The summed E-state index contributed by atoms with van der Waals surface area (Å²) in [4.78, 5) is 29.3. The van der Waals surface area contributed by atoms with E-state index in [4.69, 9.17) is 25.8 Å². The molecule has 0 unspecified atom stereocenters. The first kappa shape index (κ1) is 23.3. The van der Waals surface area contributed by atoms with Gasteiger partial charge in [0.2, 0.25) is 5.90 Å². The summed E-state index contributed by atoms with van der Waals surface area (Å²) in [6, 6.07) is 17.5. The van der Waals surface area contributed by atoms with Crippen molar-refractivity contribution >= 4 is 35.5 Å². The molecule has 0 atom stereocenters. The van der Waals surface area contributed by atoms with Gasteiger partial charge in [-0.3, -0.25) is 0 Å². The van der Waals surface area contributed by atoms with E-state index in [1.54, 1.807) is 48.5 Å². The van der Waals surface area contributed by atoms with Crippen LogP contribution in [0.5, 0.6) is 11.5 Å². The molecule has 0 amide bonds. The summed E-state index contributed by atoms with van der Waals surface area (Å²) in [5, 5.41) is 0.561. The van der Waals surface area contributed by atoms with Gasteiger partial charge in [0.05, 0.1) is 12.2 Å². The molecule has 0 radical (unpaired) electrons. The number of rotatable bonds is 6. The highest BCUT2D eigenvalue weighted by atomic mass is 35.5. The third-order valence-electron chi connectivity index (χ3n) is 5.18. The second kappa shape index (κ2) is 9.93. The fraction of sp³-hybridized carbons (Fsp3) is 0.148. The zero-order chi connectivity index (χ0) is 24.2. The molecule has 0 fully saturated rings. The lowest BCUT2D eigenvalue weighted by Crippen LogP contribution is -2.11. The Morgan fingerprint density at radius 1 is 1.03 bits per heavy atom. The number of hydrogen-bond acceptors (Lipinski definition) is 6. The van der Waals surface area contributed by atoms with Gasteiger partial charge >= 0.3 is 11.9 Å². The number of esters is 2. The molecule has 0 saturated carbocycles. The maximum atomic E-state index is 12.6. The molecule has 7 heteroatoms. The fourth-order valence-electron chi connectivity index (χ4n) is 3.34. The minimum atomic E-state index is -0.570. The van der Waals surface area contributed by atoms with E-state index in [1.807, 2.05) is 39.0 Å². The molecule has 1 heterocycles. The van der Waals surface area contributed by atoms with E-state index in [9.17, 15) is 9.59 Å². The van der Waals surface area contributed by atoms with E-state index >= 15 is 0 Å². The molecule has 0 aliphatic carbocycles. The van der Waals surface area contributed by atoms with Crippen molar-refractivity contribution in [2.75, 3.05) is 6.61 Å². The number of carbonyl (C=O) groups excluding carboxylic acids is 2. The Morgan fingerprint density at radius 2 is 1.82 bits per heavy atom. The van der Waals surface area contributed by atoms with Gasteiger partial charge < -0.3 is 14.2 Å². The van der Waals surface area contributed by atoms with Crippen molar-refractivity contribution in [2.45, 2.75) is 20.8 Å². The lowest BCUT2D eigenvalue weighted by atomic mass is 10.1. The fourth-order valence-corrected chi connectivity index (χ4v) is 3.52.